The lowest BCUT2D eigenvalue weighted by atomic mass is 10.3. The molecular weight excluding hydrogens is 404 g/mol. The second-order valence-corrected chi connectivity index (χ2v) is 8.78. The van der Waals surface area contributed by atoms with Crippen molar-refractivity contribution in [1.82, 2.24) is 20.4 Å². The van der Waals surface area contributed by atoms with Crippen LogP contribution in [0.5, 0.6) is 0 Å². The summed E-state index contributed by atoms with van der Waals surface area (Å²) in [4.78, 5) is 2.25. The normalized spacial score (nSPS) is 10.6. The molecule has 26 heavy (non-hydrogen) atoms. The zero-order chi connectivity index (χ0) is 17.6. The molecular formula is C16H12N6S4. The van der Waals surface area contributed by atoms with Gasteiger partial charge in [0, 0.05) is 9.79 Å². The first kappa shape index (κ1) is 17.3. The van der Waals surface area contributed by atoms with Crippen molar-refractivity contribution in [2.24, 2.45) is 0 Å². The summed E-state index contributed by atoms with van der Waals surface area (Å²) in [5.41, 5.74) is 5.44. The number of benzene rings is 2. The Balaban J connectivity index is 1.50. The molecule has 2 aromatic carbocycles. The van der Waals surface area contributed by atoms with Crippen LogP contribution in [0, 0.1) is 0 Å². The Morgan fingerprint density at radius 3 is 1.54 bits per heavy atom. The molecule has 4 aromatic rings. The number of hydrogen-bond acceptors (Lipinski definition) is 10. The average molecular weight is 417 g/mol. The molecule has 0 aliphatic heterocycles. The van der Waals surface area contributed by atoms with E-state index in [9.17, 15) is 0 Å². The summed E-state index contributed by atoms with van der Waals surface area (Å²) in [6.45, 7) is 0. The molecule has 0 fully saturated rings. The maximum Gasteiger partial charge on any atom is 0.209 e. The number of aromatic nitrogens is 4. The monoisotopic (exact) mass is 416 g/mol. The van der Waals surface area contributed by atoms with Crippen molar-refractivity contribution in [2.75, 3.05) is 10.6 Å². The summed E-state index contributed by atoms with van der Waals surface area (Å²) in [7, 11) is 3.37. The van der Waals surface area contributed by atoms with Crippen LogP contribution in [0.4, 0.5) is 21.6 Å². The number of nitrogens with zero attached hydrogens (tertiary/aromatic N) is 4. The van der Waals surface area contributed by atoms with E-state index in [0.29, 0.717) is 0 Å². The third kappa shape index (κ3) is 4.33. The van der Waals surface area contributed by atoms with Crippen LogP contribution < -0.4 is 10.6 Å². The number of rotatable bonds is 7. The lowest BCUT2D eigenvalue weighted by molar-refractivity contribution is 1.09. The minimum atomic E-state index is 0.779. The van der Waals surface area contributed by atoms with Gasteiger partial charge in [-0.05, 0) is 24.3 Å². The van der Waals surface area contributed by atoms with Gasteiger partial charge in [0.15, 0.2) is 0 Å². The first-order chi connectivity index (χ1) is 12.9. The molecule has 4 rings (SSSR count). The smallest absolute Gasteiger partial charge is 0.209 e. The molecule has 0 saturated carbocycles. The summed E-state index contributed by atoms with van der Waals surface area (Å²) >= 11 is 2.95. The molecule has 0 saturated heterocycles. The van der Waals surface area contributed by atoms with Crippen molar-refractivity contribution in [3.63, 3.8) is 0 Å². The SMILES string of the molecule is c1ccc(SSc2ccccc2Nc2nncs2)c(Nc2nncs2)c1. The van der Waals surface area contributed by atoms with Crippen LogP contribution in [-0.4, -0.2) is 20.4 Å². The Morgan fingerprint density at radius 1 is 0.654 bits per heavy atom. The molecule has 0 bridgehead atoms. The lowest BCUT2D eigenvalue weighted by Crippen LogP contribution is -1.92. The van der Waals surface area contributed by atoms with Crippen LogP contribution in [0.1, 0.15) is 0 Å². The van der Waals surface area contributed by atoms with Gasteiger partial charge in [-0.3, -0.25) is 0 Å². The second kappa shape index (κ2) is 8.49. The highest BCUT2D eigenvalue weighted by atomic mass is 33.1. The Kier molecular flexibility index (Phi) is 5.65. The summed E-state index contributed by atoms with van der Waals surface area (Å²) in [5, 5.41) is 24.0. The number of anilines is 4. The van der Waals surface area contributed by atoms with E-state index in [-0.39, 0.29) is 0 Å². The molecule has 0 spiro atoms. The Labute approximate surface area is 165 Å². The zero-order valence-electron chi connectivity index (χ0n) is 13.2. The molecule has 0 aliphatic carbocycles. The van der Waals surface area contributed by atoms with Gasteiger partial charge in [0.2, 0.25) is 10.3 Å². The molecule has 0 amide bonds. The average Bonchev–Trinajstić information content (AvgIpc) is 3.36. The van der Waals surface area contributed by atoms with Crippen molar-refractivity contribution in [1.29, 1.82) is 0 Å². The highest BCUT2D eigenvalue weighted by molar-refractivity contribution is 8.76. The van der Waals surface area contributed by atoms with E-state index in [1.54, 1.807) is 32.6 Å². The topological polar surface area (TPSA) is 75.6 Å². The standard InChI is InChI=1S/C16H12N6S4/c1-3-7-13(11(5-1)19-15-21-17-9-23-15)25-26-14-8-4-2-6-12(14)20-16-22-18-10-24-16/h1-10H,(H,19,21)(H,20,22). The Bertz CT molecular complexity index is 879. The van der Waals surface area contributed by atoms with Crippen LogP contribution in [0.2, 0.25) is 0 Å². The fraction of sp³-hybridized carbons (Fsp3) is 0. The largest absolute Gasteiger partial charge is 0.329 e. The number of hydrogen-bond donors (Lipinski definition) is 2. The quantitative estimate of drug-likeness (QED) is 0.373. The summed E-state index contributed by atoms with van der Waals surface area (Å²) in [6.07, 6.45) is 0. The van der Waals surface area contributed by atoms with E-state index in [1.807, 2.05) is 36.4 Å². The van der Waals surface area contributed by atoms with Crippen LogP contribution in [0.15, 0.2) is 69.3 Å². The highest BCUT2D eigenvalue weighted by Crippen LogP contribution is 2.44. The first-order valence-corrected chi connectivity index (χ1v) is 11.4. The van der Waals surface area contributed by atoms with Crippen molar-refractivity contribution < 1.29 is 0 Å². The van der Waals surface area contributed by atoms with Crippen molar-refractivity contribution in [2.45, 2.75) is 9.79 Å². The highest BCUT2D eigenvalue weighted by Gasteiger charge is 2.09. The predicted molar refractivity (Wildman–Crippen MR) is 111 cm³/mol. The van der Waals surface area contributed by atoms with Crippen LogP contribution in [-0.2, 0) is 0 Å². The maximum absolute atomic E-state index is 4.05. The van der Waals surface area contributed by atoms with E-state index in [4.69, 9.17) is 0 Å². The molecule has 0 atom stereocenters. The van der Waals surface area contributed by atoms with Gasteiger partial charge >= 0.3 is 0 Å². The molecule has 0 unspecified atom stereocenters. The van der Waals surface area contributed by atoms with Crippen LogP contribution >= 0.6 is 44.3 Å². The fourth-order valence-corrected chi connectivity index (χ4v) is 5.25. The van der Waals surface area contributed by atoms with E-state index in [2.05, 4.69) is 43.2 Å². The lowest BCUT2D eigenvalue weighted by Gasteiger charge is -2.11. The van der Waals surface area contributed by atoms with Crippen LogP contribution in [0.3, 0.4) is 0 Å². The minimum absolute atomic E-state index is 0.779. The van der Waals surface area contributed by atoms with Crippen molar-refractivity contribution in [3.8, 4) is 0 Å². The van der Waals surface area contributed by atoms with E-state index in [1.165, 1.54) is 22.7 Å². The maximum atomic E-state index is 4.05. The van der Waals surface area contributed by atoms with Gasteiger partial charge in [-0.2, -0.15) is 0 Å². The fourth-order valence-electron chi connectivity index (χ4n) is 2.06. The van der Waals surface area contributed by atoms with Gasteiger partial charge in [0.25, 0.3) is 0 Å². The minimum Gasteiger partial charge on any atom is -0.329 e. The Morgan fingerprint density at radius 2 is 1.12 bits per heavy atom. The molecule has 2 N–H and O–H groups in total. The molecule has 6 nitrogen and oxygen atoms in total. The van der Waals surface area contributed by atoms with Gasteiger partial charge in [-0.1, -0.05) is 68.5 Å². The number of para-hydroxylation sites is 2. The van der Waals surface area contributed by atoms with Gasteiger partial charge in [0.05, 0.1) is 11.4 Å². The van der Waals surface area contributed by atoms with Gasteiger partial charge in [0.1, 0.15) is 11.0 Å². The van der Waals surface area contributed by atoms with E-state index < -0.39 is 0 Å². The summed E-state index contributed by atoms with van der Waals surface area (Å²) < 4.78 is 0. The number of nitrogens with one attached hydrogen (secondary N) is 2. The van der Waals surface area contributed by atoms with Gasteiger partial charge in [-0.15, -0.1) is 20.4 Å². The zero-order valence-corrected chi connectivity index (χ0v) is 16.5. The predicted octanol–water partition coefficient (Wildman–Crippen LogP) is 5.68. The molecule has 0 radical (unpaired) electrons. The third-order valence-electron chi connectivity index (χ3n) is 3.20. The Hall–Kier alpha value is -2.14. The first-order valence-electron chi connectivity index (χ1n) is 7.47. The van der Waals surface area contributed by atoms with Gasteiger partial charge in [-0.25, -0.2) is 0 Å². The summed E-state index contributed by atoms with van der Waals surface area (Å²) in [5.74, 6) is 0. The van der Waals surface area contributed by atoms with Crippen molar-refractivity contribution in [3.05, 3.63) is 59.6 Å². The van der Waals surface area contributed by atoms with Gasteiger partial charge < -0.3 is 10.6 Å². The van der Waals surface area contributed by atoms with E-state index >= 15 is 0 Å². The van der Waals surface area contributed by atoms with E-state index in [0.717, 1.165) is 31.4 Å². The molecule has 2 aromatic heterocycles. The molecule has 2 heterocycles. The second-order valence-electron chi connectivity index (χ2n) is 4.90. The van der Waals surface area contributed by atoms with Crippen molar-refractivity contribution >= 4 is 65.9 Å². The molecule has 130 valence electrons. The molecule has 0 aliphatic rings. The summed E-state index contributed by atoms with van der Waals surface area (Å²) in [6, 6.07) is 16.3. The van der Waals surface area contributed by atoms with Crippen LogP contribution in [0.25, 0.3) is 0 Å². The third-order valence-corrected chi connectivity index (χ3v) is 6.89. The molecule has 10 heteroatoms.